The SMILES string of the molecule is CCNC(COC)Cc1nc(CCC(F)(F)F)no1. The van der Waals surface area contributed by atoms with Gasteiger partial charge in [-0.05, 0) is 6.54 Å². The van der Waals surface area contributed by atoms with Crippen LogP contribution in [-0.2, 0) is 17.6 Å². The van der Waals surface area contributed by atoms with Crippen LogP contribution in [0.2, 0.25) is 0 Å². The molecule has 0 aromatic carbocycles. The lowest BCUT2D eigenvalue weighted by atomic mass is 10.2. The van der Waals surface area contributed by atoms with Crippen LogP contribution in [0.5, 0.6) is 0 Å². The van der Waals surface area contributed by atoms with E-state index in [-0.39, 0.29) is 18.3 Å². The second kappa shape index (κ2) is 7.44. The van der Waals surface area contributed by atoms with Crippen molar-refractivity contribution in [3.63, 3.8) is 0 Å². The molecule has 0 spiro atoms. The number of methoxy groups -OCH3 is 1. The van der Waals surface area contributed by atoms with Crippen molar-refractivity contribution < 1.29 is 22.4 Å². The van der Waals surface area contributed by atoms with Gasteiger partial charge in [0.15, 0.2) is 5.82 Å². The van der Waals surface area contributed by atoms with Gasteiger partial charge >= 0.3 is 6.18 Å². The van der Waals surface area contributed by atoms with Crippen molar-refractivity contribution in [3.05, 3.63) is 11.7 Å². The summed E-state index contributed by atoms with van der Waals surface area (Å²) in [6.45, 7) is 3.17. The molecule has 8 heteroatoms. The molecule has 0 saturated heterocycles. The van der Waals surface area contributed by atoms with Gasteiger partial charge in [-0.3, -0.25) is 0 Å². The van der Waals surface area contributed by atoms with Crippen molar-refractivity contribution in [2.45, 2.75) is 38.4 Å². The fourth-order valence-electron chi connectivity index (χ4n) is 1.62. The van der Waals surface area contributed by atoms with Gasteiger partial charge < -0.3 is 14.6 Å². The molecule has 0 aliphatic rings. The van der Waals surface area contributed by atoms with E-state index < -0.39 is 12.6 Å². The first kappa shape index (κ1) is 15.9. The quantitative estimate of drug-likeness (QED) is 0.786. The highest BCUT2D eigenvalue weighted by atomic mass is 19.4. The number of hydrogen-bond acceptors (Lipinski definition) is 5. The molecule has 110 valence electrons. The summed E-state index contributed by atoms with van der Waals surface area (Å²) in [6.07, 6.45) is -4.98. The van der Waals surface area contributed by atoms with Crippen LogP contribution in [0.1, 0.15) is 25.1 Å². The number of nitrogens with zero attached hydrogens (tertiary/aromatic N) is 2. The van der Waals surface area contributed by atoms with Crippen LogP contribution in [0.25, 0.3) is 0 Å². The van der Waals surface area contributed by atoms with E-state index in [0.717, 1.165) is 6.54 Å². The van der Waals surface area contributed by atoms with Crippen molar-refractivity contribution in [1.29, 1.82) is 0 Å². The Morgan fingerprint density at radius 1 is 1.42 bits per heavy atom. The third-order valence-electron chi connectivity index (χ3n) is 2.42. The van der Waals surface area contributed by atoms with Gasteiger partial charge in [-0.2, -0.15) is 18.2 Å². The summed E-state index contributed by atoms with van der Waals surface area (Å²) in [5.41, 5.74) is 0. The molecule has 0 aliphatic heterocycles. The predicted molar refractivity (Wildman–Crippen MR) is 61.7 cm³/mol. The molecule has 1 unspecified atom stereocenters. The van der Waals surface area contributed by atoms with Crippen molar-refractivity contribution in [1.82, 2.24) is 15.5 Å². The summed E-state index contributed by atoms with van der Waals surface area (Å²) in [5, 5.41) is 6.70. The normalized spacial score (nSPS) is 13.7. The zero-order chi connectivity index (χ0) is 14.3. The van der Waals surface area contributed by atoms with Crippen LogP contribution in [-0.4, -0.2) is 42.6 Å². The monoisotopic (exact) mass is 281 g/mol. The van der Waals surface area contributed by atoms with Gasteiger partial charge in [-0.15, -0.1) is 0 Å². The highest BCUT2D eigenvalue weighted by Crippen LogP contribution is 2.21. The molecule has 1 heterocycles. The number of likely N-dealkylation sites (N-methyl/N-ethyl adjacent to an activating group) is 1. The average Bonchev–Trinajstić information content (AvgIpc) is 2.74. The van der Waals surface area contributed by atoms with E-state index in [1.54, 1.807) is 7.11 Å². The lowest BCUT2D eigenvalue weighted by molar-refractivity contribution is -0.134. The van der Waals surface area contributed by atoms with E-state index >= 15 is 0 Å². The van der Waals surface area contributed by atoms with Crippen molar-refractivity contribution in [2.75, 3.05) is 20.3 Å². The zero-order valence-electron chi connectivity index (χ0n) is 11.0. The van der Waals surface area contributed by atoms with Gasteiger partial charge in [-0.25, -0.2) is 0 Å². The lowest BCUT2D eigenvalue weighted by Gasteiger charge is -2.14. The fraction of sp³-hybridized carbons (Fsp3) is 0.818. The maximum absolute atomic E-state index is 12.0. The summed E-state index contributed by atoms with van der Waals surface area (Å²) in [7, 11) is 1.58. The van der Waals surface area contributed by atoms with Gasteiger partial charge in [-0.1, -0.05) is 12.1 Å². The third-order valence-corrected chi connectivity index (χ3v) is 2.42. The van der Waals surface area contributed by atoms with Gasteiger partial charge in [0.2, 0.25) is 5.89 Å². The van der Waals surface area contributed by atoms with Crippen LogP contribution in [0.3, 0.4) is 0 Å². The Morgan fingerprint density at radius 2 is 2.16 bits per heavy atom. The molecular weight excluding hydrogens is 263 g/mol. The Morgan fingerprint density at radius 3 is 2.74 bits per heavy atom. The van der Waals surface area contributed by atoms with E-state index in [4.69, 9.17) is 9.26 Å². The molecule has 1 aromatic rings. The highest BCUT2D eigenvalue weighted by Gasteiger charge is 2.27. The third kappa shape index (κ3) is 6.53. The first-order chi connectivity index (χ1) is 8.94. The van der Waals surface area contributed by atoms with Crippen LogP contribution in [0.15, 0.2) is 4.52 Å². The molecule has 5 nitrogen and oxygen atoms in total. The topological polar surface area (TPSA) is 60.2 Å². The molecule has 0 fully saturated rings. The molecular formula is C11H18F3N3O2. The van der Waals surface area contributed by atoms with E-state index in [0.29, 0.717) is 18.9 Å². The standard InChI is InChI=1S/C11H18F3N3O2/c1-3-15-8(7-18-2)6-10-16-9(17-19-10)4-5-11(12,13)14/h8,15H,3-7H2,1-2H3. The van der Waals surface area contributed by atoms with E-state index in [2.05, 4.69) is 15.5 Å². The van der Waals surface area contributed by atoms with Crippen LogP contribution in [0.4, 0.5) is 13.2 Å². The average molecular weight is 281 g/mol. The highest BCUT2D eigenvalue weighted by molar-refractivity contribution is 4.90. The molecule has 0 bridgehead atoms. The molecule has 1 N–H and O–H groups in total. The summed E-state index contributed by atoms with van der Waals surface area (Å²) >= 11 is 0. The summed E-state index contributed by atoms with van der Waals surface area (Å²) in [4.78, 5) is 3.94. The molecule has 19 heavy (non-hydrogen) atoms. The Hall–Kier alpha value is -1.15. The van der Waals surface area contributed by atoms with E-state index in [1.807, 2.05) is 6.92 Å². The molecule has 0 radical (unpaired) electrons. The number of alkyl halides is 3. The summed E-state index contributed by atoms with van der Waals surface area (Å²) in [6, 6.07) is 0.00548. The summed E-state index contributed by atoms with van der Waals surface area (Å²) in [5.74, 6) is 0.403. The van der Waals surface area contributed by atoms with E-state index in [1.165, 1.54) is 0 Å². The predicted octanol–water partition coefficient (Wildman–Crippen LogP) is 1.73. The molecule has 1 rings (SSSR count). The van der Waals surface area contributed by atoms with Crippen molar-refractivity contribution in [3.8, 4) is 0 Å². The van der Waals surface area contributed by atoms with Crippen LogP contribution in [0, 0.1) is 0 Å². The number of nitrogens with one attached hydrogen (secondary N) is 1. The van der Waals surface area contributed by atoms with Gasteiger partial charge in [0.25, 0.3) is 0 Å². The van der Waals surface area contributed by atoms with Gasteiger partial charge in [0.1, 0.15) is 0 Å². The minimum atomic E-state index is -4.21. The molecule has 1 aromatic heterocycles. The number of aryl methyl sites for hydroxylation is 1. The van der Waals surface area contributed by atoms with Crippen LogP contribution < -0.4 is 5.32 Å². The van der Waals surface area contributed by atoms with Gasteiger partial charge in [0.05, 0.1) is 13.0 Å². The number of rotatable bonds is 8. The smallest absolute Gasteiger partial charge is 0.383 e. The van der Waals surface area contributed by atoms with Crippen LogP contribution >= 0.6 is 0 Å². The second-order valence-electron chi connectivity index (χ2n) is 4.13. The first-order valence-corrected chi connectivity index (χ1v) is 6.05. The zero-order valence-corrected chi connectivity index (χ0v) is 11.0. The molecule has 0 aliphatic carbocycles. The number of hydrogen-bond donors (Lipinski definition) is 1. The lowest BCUT2D eigenvalue weighted by Crippen LogP contribution is -2.35. The fourth-order valence-corrected chi connectivity index (χ4v) is 1.62. The van der Waals surface area contributed by atoms with Crippen molar-refractivity contribution in [2.24, 2.45) is 0 Å². The van der Waals surface area contributed by atoms with E-state index in [9.17, 15) is 13.2 Å². The number of halogens is 3. The molecule has 1 atom stereocenters. The Balaban J connectivity index is 2.48. The maximum Gasteiger partial charge on any atom is 0.389 e. The second-order valence-corrected chi connectivity index (χ2v) is 4.13. The first-order valence-electron chi connectivity index (χ1n) is 6.05. The number of ether oxygens (including phenoxy) is 1. The van der Waals surface area contributed by atoms with Crippen molar-refractivity contribution >= 4 is 0 Å². The largest absolute Gasteiger partial charge is 0.389 e. The van der Waals surface area contributed by atoms with Gasteiger partial charge in [0, 0.05) is 26.0 Å². The molecule has 0 amide bonds. The molecule has 0 saturated carbocycles. The number of aromatic nitrogens is 2. The Kier molecular flexibility index (Phi) is 6.23. The summed E-state index contributed by atoms with van der Waals surface area (Å²) < 4.78 is 46.1. The Labute approximate surface area is 109 Å². The minimum Gasteiger partial charge on any atom is -0.383 e. The maximum atomic E-state index is 12.0. The minimum absolute atomic E-state index is 0.00548. The Bertz CT molecular complexity index is 362.